The van der Waals surface area contributed by atoms with Crippen LogP contribution in [-0.2, 0) is 0 Å². The van der Waals surface area contributed by atoms with E-state index >= 15 is 0 Å². The molecule has 0 atom stereocenters. The Kier molecular flexibility index (Phi) is 3.13. The Morgan fingerprint density at radius 3 is 2.14 bits per heavy atom. The van der Waals surface area contributed by atoms with E-state index in [1.807, 2.05) is 32.9 Å². The van der Waals surface area contributed by atoms with Gasteiger partial charge < -0.3 is 5.11 Å². The SMILES string of the molecule is C=C/C(=C/C)c1c(C)cc(O)cc1C. The minimum Gasteiger partial charge on any atom is -0.508 e. The van der Waals surface area contributed by atoms with E-state index in [-0.39, 0.29) is 0 Å². The Bertz CT molecular complexity index is 363. The molecular formula is C13H16O. The summed E-state index contributed by atoms with van der Waals surface area (Å²) in [5.74, 6) is 0.322. The van der Waals surface area contributed by atoms with Crippen LogP contribution in [0, 0.1) is 13.8 Å². The maximum absolute atomic E-state index is 9.40. The zero-order valence-electron chi connectivity index (χ0n) is 8.96. The van der Waals surface area contributed by atoms with Crippen LogP contribution in [0.3, 0.4) is 0 Å². The van der Waals surface area contributed by atoms with Crippen molar-refractivity contribution >= 4 is 5.57 Å². The Morgan fingerprint density at radius 2 is 1.79 bits per heavy atom. The van der Waals surface area contributed by atoms with Crippen LogP contribution in [0.1, 0.15) is 23.6 Å². The molecule has 0 spiro atoms. The van der Waals surface area contributed by atoms with Crippen LogP contribution in [0.4, 0.5) is 0 Å². The van der Waals surface area contributed by atoms with Crippen LogP contribution >= 0.6 is 0 Å². The molecule has 0 aliphatic heterocycles. The number of phenols is 1. The topological polar surface area (TPSA) is 20.2 Å². The number of rotatable bonds is 2. The summed E-state index contributed by atoms with van der Waals surface area (Å²) < 4.78 is 0. The molecule has 1 rings (SSSR count). The summed E-state index contributed by atoms with van der Waals surface area (Å²) in [6.07, 6.45) is 3.87. The van der Waals surface area contributed by atoms with E-state index in [2.05, 4.69) is 6.58 Å². The number of hydrogen-bond donors (Lipinski definition) is 1. The van der Waals surface area contributed by atoms with E-state index < -0.39 is 0 Å². The third kappa shape index (κ3) is 1.87. The standard InChI is InChI=1S/C13H16O/c1-5-11(6-2)13-9(3)7-12(14)8-10(13)4/h5-8,14H,1H2,2-4H3/b11-6-. The molecule has 0 heterocycles. The quantitative estimate of drug-likeness (QED) is 0.703. The molecule has 0 saturated carbocycles. The molecule has 0 radical (unpaired) electrons. The highest BCUT2D eigenvalue weighted by atomic mass is 16.3. The van der Waals surface area contributed by atoms with Gasteiger partial charge in [-0.15, -0.1) is 0 Å². The summed E-state index contributed by atoms with van der Waals surface area (Å²) in [6.45, 7) is 9.76. The van der Waals surface area contributed by atoms with Crippen molar-refractivity contribution in [2.45, 2.75) is 20.8 Å². The molecule has 0 saturated heterocycles. The summed E-state index contributed by atoms with van der Waals surface area (Å²) >= 11 is 0. The minimum absolute atomic E-state index is 0.322. The Labute approximate surface area is 85.4 Å². The van der Waals surface area contributed by atoms with Gasteiger partial charge in [-0.25, -0.2) is 0 Å². The molecule has 74 valence electrons. The maximum Gasteiger partial charge on any atom is 0.116 e. The van der Waals surface area contributed by atoms with E-state index in [1.165, 1.54) is 5.56 Å². The van der Waals surface area contributed by atoms with Crippen LogP contribution in [0.15, 0.2) is 30.9 Å². The molecular weight excluding hydrogens is 172 g/mol. The van der Waals surface area contributed by atoms with Crippen LogP contribution in [-0.4, -0.2) is 5.11 Å². The zero-order chi connectivity index (χ0) is 10.7. The molecule has 0 bridgehead atoms. The van der Waals surface area contributed by atoms with E-state index in [9.17, 15) is 5.11 Å². The molecule has 0 aliphatic carbocycles. The van der Waals surface area contributed by atoms with Gasteiger partial charge in [0.1, 0.15) is 5.75 Å². The van der Waals surface area contributed by atoms with Crippen LogP contribution in [0.5, 0.6) is 5.75 Å². The fourth-order valence-electron chi connectivity index (χ4n) is 1.76. The Hall–Kier alpha value is -1.50. The van der Waals surface area contributed by atoms with Crippen molar-refractivity contribution in [1.82, 2.24) is 0 Å². The summed E-state index contributed by atoms with van der Waals surface area (Å²) in [7, 11) is 0. The van der Waals surface area contributed by atoms with Gasteiger partial charge in [0.05, 0.1) is 0 Å². The minimum atomic E-state index is 0.322. The second-order valence-electron chi connectivity index (χ2n) is 3.40. The summed E-state index contributed by atoms with van der Waals surface area (Å²) in [6, 6.07) is 3.55. The molecule has 0 unspecified atom stereocenters. The molecule has 0 amide bonds. The van der Waals surface area contributed by atoms with Crippen molar-refractivity contribution in [2.75, 3.05) is 0 Å². The lowest BCUT2D eigenvalue weighted by Crippen LogP contribution is -1.91. The zero-order valence-corrected chi connectivity index (χ0v) is 8.96. The van der Waals surface area contributed by atoms with Crippen LogP contribution in [0.25, 0.3) is 5.57 Å². The third-order valence-corrected chi connectivity index (χ3v) is 2.34. The van der Waals surface area contributed by atoms with Gasteiger partial charge >= 0.3 is 0 Å². The van der Waals surface area contributed by atoms with Crippen molar-refractivity contribution < 1.29 is 5.11 Å². The van der Waals surface area contributed by atoms with Crippen molar-refractivity contribution in [3.05, 3.63) is 47.6 Å². The molecule has 0 fully saturated rings. The summed E-state index contributed by atoms with van der Waals surface area (Å²) in [5.41, 5.74) is 4.44. The molecule has 1 N–H and O–H groups in total. The number of hydrogen-bond acceptors (Lipinski definition) is 1. The van der Waals surface area contributed by atoms with Crippen LogP contribution < -0.4 is 0 Å². The Balaban J connectivity index is 3.41. The highest BCUT2D eigenvalue weighted by molar-refractivity contribution is 5.77. The first kappa shape index (κ1) is 10.6. The summed E-state index contributed by atoms with van der Waals surface area (Å²) in [5, 5.41) is 9.40. The van der Waals surface area contributed by atoms with Gasteiger partial charge in [-0.3, -0.25) is 0 Å². The van der Waals surface area contributed by atoms with Gasteiger partial charge in [0, 0.05) is 0 Å². The number of allylic oxidation sites excluding steroid dienone is 3. The van der Waals surface area contributed by atoms with Gasteiger partial charge in [-0.05, 0) is 55.2 Å². The van der Waals surface area contributed by atoms with E-state index in [4.69, 9.17) is 0 Å². The number of aryl methyl sites for hydroxylation is 2. The van der Waals surface area contributed by atoms with Gasteiger partial charge in [-0.1, -0.05) is 18.7 Å². The average molecular weight is 188 g/mol. The fraction of sp³-hybridized carbons (Fsp3) is 0.231. The number of phenolic OH excluding ortho intramolecular Hbond substituents is 1. The van der Waals surface area contributed by atoms with Crippen molar-refractivity contribution in [1.29, 1.82) is 0 Å². The monoisotopic (exact) mass is 188 g/mol. The number of benzene rings is 1. The lowest BCUT2D eigenvalue weighted by Gasteiger charge is -2.11. The third-order valence-electron chi connectivity index (χ3n) is 2.34. The number of aromatic hydroxyl groups is 1. The normalized spacial score (nSPS) is 11.5. The molecule has 1 aromatic carbocycles. The van der Waals surface area contributed by atoms with Crippen molar-refractivity contribution in [2.24, 2.45) is 0 Å². The average Bonchev–Trinajstić information content (AvgIpc) is 2.10. The lowest BCUT2D eigenvalue weighted by molar-refractivity contribution is 0.474. The maximum atomic E-state index is 9.40. The van der Waals surface area contributed by atoms with Crippen molar-refractivity contribution in [3.8, 4) is 5.75 Å². The van der Waals surface area contributed by atoms with E-state index in [1.54, 1.807) is 12.1 Å². The van der Waals surface area contributed by atoms with E-state index in [0.29, 0.717) is 5.75 Å². The van der Waals surface area contributed by atoms with Crippen LogP contribution in [0.2, 0.25) is 0 Å². The van der Waals surface area contributed by atoms with Gasteiger partial charge in [0.15, 0.2) is 0 Å². The molecule has 0 aromatic heterocycles. The summed E-state index contributed by atoms with van der Waals surface area (Å²) in [4.78, 5) is 0. The largest absolute Gasteiger partial charge is 0.508 e. The fourth-order valence-corrected chi connectivity index (χ4v) is 1.76. The molecule has 0 aliphatic rings. The molecule has 1 aromatic rings. The van der Waals surface area contributed by atoms with Gasteiger partial charge in [0.2, 0.25) is 0 Å². The smallest absolute Gasteiger partial charge is 0.116 e. The lowest BCUT2D eigenvalue weighted by atomic mass is 9.95. The molecule has 1 heteroatoms. The van der Waals surface area contributed by atoms with Crippen molar-refractivity contribution in [3.63, 3.8) is 0 Å². The first-order chi connectivity index (χ1) is 6.60. The Morgan fingerprint density at radius 1 is 1.29 bits per heavy atom. The first-order valence-electron chi connectivity index (χ1n) is 4.69. The predicted molar refractivity (Wildman–Crippen MR) is 61.4 cm³/mol. The first-order valence-corrected chi connectivity index (χ1v) is 4.69. The highest BCUT2D eigenvalue weighted by Crippen LogP contribution is 2.27. The predicted octanol–water partition coefficient (Wildman–Crippen LogP) is 3.60. The highest BCUT2D eigenvalue weighted by Gasteiger charge is 2.06. The molecule has 1 nitrogen and oxygen atoms in total. The second kappa shape index (κ2) is 4.14. The second-order valence-corrected chi connectivity index (χ2v) is 3.40. The van der Waals surface area contributed by atoms with E-state index in [0.717, 1.165) is 16.7 Å². The van der Waals surface area contributed by atoms with Gasteiger partial charge in [-0.2, -0.15) is 0 Å². The molecule has 14 heavy (non-hydrogen) atoms. The van der Waals surface area contributed by atoms with Gasteiger partial charge in [0.25, 0.3) is 0 Å².